The second kappa shape index (κ2) is 7.06. The van der Waals surface area contributed by atoms with E-state index in [0.717, 1.165) is 4.90 Å². The number of nitrogens with zero attached hydrogens (tertiary/aromatic N) is 1. The SMILES string of the molecule is O=C(CN1C(=O)N/C(=C\c2ccccc2F)C1=O)Nc1ccc(O)cc1. The number of halogens is 1. The van der Waals surface area contributed by atoms with Gasteiger partial charge in [0.25, 0.3) is 5.91 Å². The normalized spacial score (nSPS) is 15.3. The third kappa shape index (κ3) is 3.69. The van der Waals surface area contributed by atoms with Crippen LogP contribution in [0.25, 0.3) is 6.08 Å². The number of phenolic OH excluding ortho intramolecular Hbond substituents is 1. The largest absolute Gasteiger partial charge is 0.508 e. The zero-order chi connectivity index (χ0) is 18.7. The summed E-state index contributed by atoms with van der Waals surface area (Å²) in [5.74, 6) is -1.81. The van der Waals surface area contributed by atoms with Crippen LogP contribution in [0.2, 0.25) is 0 Å². The van der Waals surface area contributed by atoms with E-state index >= 15 is 0 Å². The number of benzene rings is 2. The van der Waals surface area contributed by atoms with Crippen LogP contribution < -0.4 is 10.6 Å². The van der Waals surface area contributed by atoms with Gasteiger partial charge in [-0.3, -0.25) is 9.59 Å². The summed E-state index contributed by atoms with van der Waals surface area (Å²) in [6, 6.07) is 10.8. The fraction of sp³-hybridized carbons (Fsp3) is 0.0556. The highest BCUT2D eigenvalue weighted by Gasteiger charge is 2.35. The van der Waals surface area contributed by atoms with Gasteiger partial charge in [-0.05, 0) is 36.4 Å². The predicted molar refractivity (Wildman–Crippen MR) is 91.4 cm³/mol. The maximum atomic E-state index is 13.7. The number of carbonyl (C=O) groups excluding carboxylic acids is 3. The van der Waals surface area contributed by atoms with E-state index in [4.69, 9.17) is 0 Å². The molecule has 7 nitrogen and oxygen atoms in total. The highest BCUT2D eigenvalue weighted by molar-refractivity contribution is 6.15. The van der Waals surface area contributed by atoms with Gasteiger partial charge in [-0.2, -0.15) is 0 Å². The summed E-state index contributed by atoms with van der Waals surface area (Å²) in [4.78, 5) is 37.0. The lowest BCUT2D eigenvalue weighted by Crippen LogP contribution is -2.38. The third-order valence-corrected chi connectivity index (χ3v) is 3.62. The Morgan fingerprint density at radius 1 is 1.15 bits per heavy atom. The van der Waals surface area contributed by atoms with Crippen molar-refractivity contribution >= 4 is 29.6 Å². The number of imide groups is 1. The fourth-order valence-electron chi connectivity index (χ4n) is 2.35. The zero-order valence-corrected chi connectivity index (χ0v) is 13.4. The first kappa shape index (κ1) is 17.2. The number of hydrogen-bond donors (Lipinski definition) is 3. The van der Waals surface area contributed by atoms with Crippen molar-refractivity contribution in [2.45, 2.75) is 0 Å². The molecular weight excluding hydrogens is 341 g/mol. The standard InChI is InChI=1S/C18H14FN3O4/c19-14-4-2-1-3-11(14)9-15-17(25)22(18(26)21-15)10-16(24)20-12-5-7-13(23)8-6-12/h1-9,23H,10H2,(H,20,24)(H,21,26)/b15-9-. The molecule has 0 unspecified atom stereocenters. The van der Waals surface area contributed by atoms with Gasteiger partial charge in [0.2, 0.25) is 5.91 Å². The number of hydrogen-bond acceptors (Lipinski definition) is 4. The second-order valence-electron chi connectivity index (χ2n) is 5.50. The summed E-state index contributed by atoms with van der Waals surface area (Å²) in [5, 5.41) is 14.0. The molecule has 0 aromatic heterocycles. The summed E-state index contributed by atoms with van der Waals surface area (Å²) in [6.07, 6.45) is 1.22. The number of phenols is 1. The van der Waals surface area contributed by atoms with Crippen molar-refractivity contribution in [3.05, 3.63) is 65.6 Å². The van der Waals surface area contributed by atoms with Crippen LogP contribution in [0.5, 0.6) is 5.75 Å². The summed E-state index contributed by atoms with van der Waals surface area (Å²) in [5.41, 5.74) is 0.436. The molecule has 0 saturated carbocycles. The Bertz CT molecular complexity index is 909. The van der Waals surface area contributed by atoms with E-state index in [1.165, 1.54) is 48.5 Å². The van der Waals surface area contributed by atoms with Gasteiger partial charge in [0.1, 0.15) is 23.8 Å². The first-order chi connectivity index (χ1) is 12.4. The van der Waals surface area contributed by atoms with Crippen LogP contribution in [-0.2, 0) is 9.59 Å². The molecule has 132 valence electrons. The van der Waals surface area contributed by atoms with E-state index in [-0.39, 0.29) is 17.0 Å². The first-order valence-electron chi connectivity index (χ1n) is 7.62. The number of amides is 4. The highest BCUT2D eigenvalue weighted by Crippen LogP contribution is 2.17. The minimum atomic E-state index is -0.765. The summed E-state index contributed by atoms with van der Waals surface area (Å²) >= 11 is 0. The van der Waals surface area contributed by atoms with Crippen LogP contribution >= 0.6 is 0 Å². The Balaban J connectivity index is 1.70. The average Bonchev–Trinajstić information content (AvgIpc) is 2.86. The molecule has 0 bridgehead atoms. The molecular formula is C18H14FN3O4. The van der Waals surface area contributed by atoms with Crippen molar-refractivity contribution in [1.29, 1.82) is 0 Å². The van der Waals surface area contributed by atoms with Gasteiger partial charge in [-0.25, -0.2) is 14.1 Å². The first-order valence-corrected chi connectivity index (χ1v) is 7.62. The molecule has 3 N–H and O–H groups in total. The van der Waals surface area contributed by atoms with Crippen LogP contribution in [0.1, 0.15) is 5.56 Å². The topological polar surface area (TPSA) is 98.7 Å². The monoisotopic (exact) mass is 355 g/mol. The lowest BCUT2D eigenvalue weighted by Gasteiger charge is -2.12. The molecule has 1 aliphatic rings. The lowest BCUT2D eigenvalue weighted by atomic mass is 10.2. The number of aromatic hydroxyl groups is 1. The number of urea groups is 1. The summed E-state index contributed by atoms with van der Waals surface area (Å²) in [6.45, 7) is -0.500. The molecule has 1 aliphatic heterocycles. The van der Waals surface area contributed by atoms with Crippen LogP contribution in [-0.4, -0.2) is 34.4 Å². The smallest absolute Gasteiger partial charge is 0.329 e. The van der Waals surface area contributed by atoms with E-state index in [1.807, 2.05) is 0 Å². The molecule has 0 spiro atoms. The van der Waals surface area contributed by atoms with Crippen LogP contribution in [0.3, 0.4) is 0 Å². The third-order valence-electron chi connectivity index (χ3n) is 3.62. The molecule has 4 amide bonds. The molecule has 26 heavy (non-hydrogen) atoms. The molecule has 0 aliphatic carbocycles. The van der Waals surface area contributed by atoms with Gasteiger partial charge < -0.3 is 15.7 Å². The van der Waals surface area contributed by atoms with Crippen molar-refractivity contribution in [3.63, 3.8) is 0 Å². The Morgan fingerprint density at radius 3 is 2.54 bits per heavy atom. The van der Waals surface area contributed by atoms with Crippen molar-refractivity contribution in [3.8, 4) is 5.75 Å². The number of rotatable bonds is 4. The predicted octanol–water partition coefficient (Wildman–Crippen LogP) is 2.06. The van der Waals surface area contributed by atoms with E-state index in [0.29, 0.717) is 5.69 Å². The maximum Gasteiger partial charge on any atom is 0.329 e. The molecule has 1 fully saturated rings. The Hall–Kier alpha value is -3.68. The molecule has 1 heterocycles. The lowest BCUT2D eigenvalue weighted by molar-refractivity contribution is -0.127. The van der Waals surface area contributed by atoms with Gasteiger partial charge in [0.05, 0.1) is 0 Å². The second-order valence-corrected chi connectivity index (χ2v) is 5.50. The summed E-state index contributed by atoms with van der Waals surface area (Å²) < 4.78 is 13.7. The molecule has 8 heteroatoms. The van der Waals surface area contributed by atoms with Crippen molar-refractivity contribution in [2.75, 3.05) is 11.9 Å². The van der Waals surface area contributed by atoms with Gasteiger partial charge in [0, 0.05) is 11.3 Å². The maximum absolute atomic E-state index is 13.7. The Kier molecular flexibility index (Phi) is 4.66. The Morgan fingerprint density at radius 2 is 1.85 bits per heavy atom. The number of carbonyl (C=O) groups is 3. The number of anilines is 1. The van der Waals surface area contributed by atoms with E-state index in [9.17, 15) is 23.9 Å². The fourth-order valence-corrected chi connectivity index (χ4v) is 2.35. The minimum Gasteiger partial charge on any atom is -0.508 e. The number of nitrogens with one attached hydrogen (secondary N) is 2. The van der Waals surface area contributed by atoms with Crippen molar-refractivity contribution in [1.82, 2.24) is 10.2 Å². The van der Waals surface area contributed by atoms with Crippen LogP contribution in [0.4, 0.5) is 14.9 Å². The average molecular weight is 355 g/mol. The van der Waals surface area contributed by atoms with Gasteiger partial charge in [-0.15, -0.1) is 0 Å². The van der Waals surface area contributed by atoms with Crippen molar-refractivity contribution < 1.29 is 23.9 Å². The molecule has 1 saturated heterocycles. The molecule has 2 aromatic carbocycles. The van der Waals surface area contributed by atoms with Crippen LogP contribution in [0, 0.1) is 5.82 Å². The van der Waals surface area contributed by atoms with Gasteiger partial charge >= 0.3 is 6.03 Å². The highest BCUT2D eigenvalue weighted by atomic mass is 19.1. The minimum absolute atomic E-state index is 0.0417. The van der Waals surface area contributed by atoms with Gasteiger partial charge in [-0.1, -0.05) is 18.2 Å². The quantitative estimate of drug-likeness (QED) is 0.444. The van der Waals surface area contributed by atoms with Gasteiger partial charge in [0.15, 0.2) is 0 Å². The van der Waals surface area contributed by atoms with E-state index < -0.39 is 30.2 Å². The van der Waals surface area contributed by atoms with E-state index in [1.54, 1.807) is 6.07 Å². The summed E-state index contributed by atoms with van der Waals surface area (Å²) in [7, 11) is 0. The van der Waals surface area contributed by atoms with Crippen molar-refractivity contribution in [2.24, 2.45) is 0 Å². The molecule has 3 rings (SSSR count). The van der Waals surface area contributed by atoms with E-state index in [2.05, 4.69) is 10.6 Å². The molecule has 0 atom stereocenters. The van der Waals surface area contributed by atoms with Crippen LogP contribution in [0.15, 0.2) is 54.2 Å². The molecule has 2 aromatic rings. The zero-order valence-electron chi connectivity index (χ0n) is 13.4. The molecule has 0 radical (unpaired) electrons. The Labute approximate surface area is 147 Å².